The molecular formula is C19H21BrFNO4S. The van der Waals surface area contributed by atoms with E-state index in [0.717, 1.165) is 15.6 Å². The molecule has 0 radical (unpaired) electrons. The summed E-state index contributed by atoms with van der Waals surface area (Å²) in [5.74, 6) is -0.350. The molecule has 0 spiro atoms. The van der Waals surface area contributed by atoms with Crippen LogP contribution in [0.15, 0.2) is 51.8 Å². The molecule has 27 heavy (non-hydrogen) atoms. The second-order valence-electron chi connectivity index (χ2n) is 5.90. The molecule has 0 unspecified atom stereocenters. The van der Waals surface area contributed by atoms with Crippen molar-refractivity contribution in [3.8, 4) is 11.1 Å². The van der Waals surface area contributed by atoms with Crippen LogP contribution in [0.25, 0.3) is 11.1 Å². The zero-order chi connectivity index (χ0) is 19.9. The quantitative estimate of drug-likeness (QED) is 0.452. The predicted molar refractivity (Wildman–Crippen MR) is 105 cm³/mol. The van der Waals surface area contributed by atoms with Crippen LogP contribution in [0.1, 0.15) is 25.3 Å². The Morgan fingerprint density at radius 3 is 2.48 bits per heavy atom. The summed E-state index contributed by atoms with van der Waals surface area (Å²) in [4.78, 5) is 10.8. The Morgan fingerprint density at radius 1 is 1.15 bits per heavy atom. The minimum atomic E-state index is -3.62. The number of sulfonamides is 1. The van der Waals surface area contributed by atoms with Gasteiger partial charge < -0.3 is 4.74 Å². The van der Waals surface area contributed by atoms with Gasteiger partial charge in [-0.15, -0.1) is 0 Å². The largest absolute Gasteiger partial charge is 0.466 e. The van der Waals surface area contributed by atoms with Crippen molar-refractivity contribution >= 4 is 31.9 Å². The number of carbonyl (C=O) groups is 1. The number of hydrogen-bond donors (Lipinski definition) is 1. The van der Waals surface area contributed by atoms with Gasteiger partial charge in [-0.05, 0) is 53.8 Å². The third kappa shape index (κ3) is 6.41. The van der Waals surface area contributed by atoms with Gasteiger partial charge in [0.05, 0.1) is 11.5 Å². The fraction of sp³-hybridized carbons (Fsp3) is 0.316. The van der Waals surface area contributed by atoms with Crippen LogP contribution < -0.4 is 4.72 Å². The summed E-state index contributed by atoms with van der Waals surface area (Å²) in [5.41, 5.74) is 2.00. The summed E-state index contributed by atoms with van der Waals surface area (Å²) in [7, 11) is -3.62. The van der Waals surface area contributed by atoms with Gasteiger partial charge in [-0.25, -0.2) is 17.5 Å². The van der Waals surface area contributed by atoms with E-state index in [0.29, 0.717) is 18.4 Å². The maximum Gasteiger partial charge on any atom is 0.302 e. The van der Waals surface area contributed by atoms with E-state index in [9.17, 15) is 17.6 Å². The molecule has 0 bridgehead atoms. The third-order valence-electron chi connectivity index (χ3n) is 3.86. The smallest absolute Gasteiger partial charge is 0.302 e. The number of ether oxygens (including phenoxy) is 1. The predicted octanol–water partition coefficient (Wildman–Crippen LogP) is 4.21. The second-order valence-corrected chi connectivity index (χ2v) is 8.59. The Bertz CT molecular complexity index is 885. The van der Waals surface area contributed by atoms with Crippen LogP contribution in [-0.4, -0.2) is 27.5 Å². The molecule has 0 fully saturated rings. The van der Waals surface area contributed by atoms with E-state index in [4.69, 9.17) is 4.74 Å². The highest BCUT2D eigenvalue weighted by molar-refractivity contribution is 9.10. The van der Waals surface area contributed by atoms with E-state index >= 15 is 0 Å². The van der Waals surface area contributed by atoms with Crippen LogP contribution in [0.2, 0.25) is 0 Å². The molecule has 0 amide bonds. The molecular weight excluding hydrogens is 437 g/mol. The maximum atomic E-state index is 13.2. The highest BCUT2D eigenvalue weighted by Gasteiger charge is 2.14. The molecule has 146 valence electrons. The molecule has 0 saturated carbocycles. The minimum absolute atomic E-state index is 0.144. The van der Waals surface area contributed by atoms with Gasteiger partial charge in [-0.3, -0.25) is 4.79 Å². The molecule has 2 rings (SSSR count). The van der Waals surface area contributed by atoms with Crippen molar-refractivity contribution in [2.24, 2.45) is 0 Å². The van der Waals surface area contributed by atoms with E-state index in [1.54, 1.807) is 24.3 Å². The number of unbranched alkanes of at least 4 members (excludes halogenated alkanes) is 1. The molecule has 0 saturated heterocycles. The number of rotatable bonds is 9. The number of alkyl halides is 1. The van der Waals surface area contributed by atoms with Crippen molar-refractivity contribution in [2.45, 2.75) is 31.3 Å². The van der Waals surface area contributed by atoms with Crippen LogP contribution in [0, 0.1) is 0 Å². The standard InChI is InChI=1S/C19H21BrFNO4S/c1-14(23)26-11-3-2-10-22-27(24,25)18-7-4-15(5-8-18)19-9-6-17(20)12-16(19)13-21/h4-9,12,22H,2-3,10-11,13H2,1H3. The minimum Gasteiger partial charge on any atom is -0.466 e. The first-order chi connectivity index (χ1) is 12.8. The number of benzene rings is 2. The van der Waals surface area contributed by atoms with Gasteiger partial charge in [0.2, 0.25) is 10.0 Å². The molecule has 0 aliphatic rings. The number of hydrogen-bond acceptors (Lipinski definition) is 4. The Kier molecular flexibility index (Phi) is 7.94. The highest BCUT2D eigenvalue weighted by atomic mass is 79.9. The Labute approximate surface area is 167 Å². The van der Waals surface area contributed by atoms with E-state index in [-0.39, 0.29) is 24.0 Å². The van der Waals surface area contributed by atoms with Crippen molar-refractivity contribution in [1.82, 2.24) is 4.72 Å². The average molecular weight is 458 g/mol. The maximum absolute atomic E-state index is 13.2. The lowest BCUT2D eigenvalue weighted by Crippen LogP contribution is -2.25. The van der Waals surface area contributed by atoms with Crippen molar-refractivity contribution in [3.63, 3.8) is 0 Å². The second kappa shape index (κ2) is 9.96. The van der Waals surface area contributed by atoms with Gasteiger partial charge in [0.15, 0.2) is 0 Å². The van der Waals surface area contributed by atoms with Gasteiger partial charge >= 0.3 is 5.97 Å². The van der Waals surface area contributed by atoms with Gasteiger partial charge in [-0.1, -0.05) is 34.1 Å². The molecule has 8 heteroatoms. The summed E-state index contributed by atoms with van der Waals surface area (Å²) < 4.78 is 46.0. The fourth-order valence-electron chi connectivity index (χ4n) is 2.50. The number of nitrogens with one attached hydrogen (secondary N) is 1. The molecule has 0 aliphatic heterocycles. The van der Waals surface area contributed by atoms with Crippen molar-refractivity contribution in [2.75, 3.05) is 13.2 Å². The van der Waals surface area contributed by atoms with E-state index < -0.39 is 16.7 Å². The number of halogens is 2. The molecule has 2 aromatic carbocycles. The van der Waals surface area contributed by atoms with Gasteiger partial charge in [0.25, 0.3) is 0 Å². The first-order valence-corrected chi connectivity index (χ1v) is 10.7. The van der Waals surface area contributed by atoms with Crippen molar-refractivity contribution in [1.29, 1.82) is 0 Å². The topological polar surface area (TPSA) is 72.5 Å². The molecule has 0 atom stereocenters. The monoisotopic (exact) mass is 457 g/mol. The molecule has 0 aromatic heterocycles. The molecule has 0 heterocycles. The molecule has 2 aromatic rings. The van der Waals surface area contributed by atoms with Crippen LogP contribution in [0.5, 0.6) is 0 Å². The number of carbonyl (C=O) groups excluding carboxylic acids is 1. The van der Waals surface area contributed by atoms with Gasteiger partial charge in [0.1, 0.15) is 6.67 Å². The Hall–Kier alpha value is -1.77. The lowest BCUT2D eigenvalue weighted by Gasteiger charge is -2.10. The summed E-state index contributed by atoms with van der Waals surface area (Å²) in [6.07, 6.45) is 1.14. The van der Waals surface area contributed by atoms with Gasteiger partial charge in [0, 0.05) is 17.9 Å². The van der Waals surface area contributed by atoms with Crippen LogP contribution in [0.4, 0.5) is 4.39 Å². The van der Waals surface area contributed by atoms with E-state index in [2.05, 4.69) is 20.7 Å². The lowest BCUT2D eigenvalue weighted by atomic mass is 10.0. The van der Waals surface area contributed by atoms with Crippen LogP contribution in [0.3, 0.4) is 0 Å². The van der Waals surface area contributed by atoms with Crippen molar-refractivity contribution < 1.29 is 22.3 Å². The normalized spacial score (nSPS) is 11.4. The summed E-state index contributed by atoms with van der Waals surface area (Å²) in [6.45, 7) is 1.25. The molecule has 5 nitrogen and oxygen atoms in total. The Balaban J connectivity index is 2.00. The SMILES string of the molecule is CC(=O)OCCCCNS(=O)(=O)c1ccc(-c2ccc(Br)cc2CF)cc1. The first-order valence-electron chi connectivity index (χ1n) is 8.41. The first kappa shape index (κ1) is 21.5. The van der Waals surface area contributed by atoms with E-state index in [1.165, 1.54) is 19.1 Å². The zero-order valence-electron chi connectivity index (χ0n) is 14.9. The van der Waals surface area contributed by atoms with E-state index in [1.807, 2.05) is 6.07 Å². The molecule has 0 aliphatic carbocycles. The summed E-state index contributed by atoms with van der Waals surface area (Å²) in [5, 5.41) is 0. The van der Waals surface area contributed by atoms with Crippen molar-refractivity contribution in [3.05, 3.63) is 52.5 Å². The molecule has 1 N–H and O–H groups in total. The van der Waals surface area contributed by atoms with Crippen LogP contribution >= 0.6 is 15.9 Å². The average Bonchev–Trinajstić information content (AvgIpc) is 2.64. The number of esters is 1. The van der Waals surface area contributed by atoms with Gasteiger partial charge in [-0.2, -0.15) is 0 Å². The highest BCUT2D eigenvalue weighted by Crippen LogP contribution is 2.28. The summed E-state index contributed by atoms with van der Waals surface area (Å²) in [6, 6.07) is 11.6. The fourth-order valence-corrected chi connectivity index (χ4v) is 3.98. The Morgan fingerprint density at radius 2 is 1.85 bits per heavy atom. The zero-order valence-corrected chi connectivity index (χ0v) is 17.3. The third-order valence-corrected chi connectivity index (χ3v) is 5.83. The van der Waals surface area contributed by atoms with Crippen LogP contribution in [-0.2, 0) is 26.2 Å². The summed E-state index contributed by atoms with van der Waals surface area (Å²) >= 11 is 3.32. The lowest BCUT2D eigenvalue weighted by molar-refractivity contribution is -0.141.